The zero-order chi connectivity index (χ0) is 12.0. The highest BCUT2D eigenvalue weighted by Crippen LogP contribution is 2.14. The molecule has 0 aliphatic heterocycles. The molecular formula is C10H14N3O3-. The van der Waals surface area contributed by atoms with Crippen molar-refractivity contribution in [3.05, 3.63) is 29.5 Å². The maximum absolute atomic E-state index is 11.1. The first kappa shape index (κ1) is 12.3. The summed E-state index contributed by atoms with van der Waals surface area (Å²) < 4.78 is 0. The standard InChI is InChI=1S/C10H14N3O3/c1-2-3-10(14)12-11-8-4-6-9(7-5-8)13(15)16/h4-7,11,15H,2-3H2,1H3,(H,12,14)/q-1. The zero-order valence-electron chi connectivity index (χ0n) is 8.93. The predicted molar refractivity (Wildman–Crippen MR) is 60.7 cm³/mol. The summed E-state index contributed by atoms with van der Waals surface area (Å²) in [6, 6.07) is 6.01. The third-order valence-electron chi connectivity index (χ3n) is 1.91. The lowest BCUT2D eigenvalue weighted by atomic mass is 10.3. The normalized spacial score (nSPS) is 9.69. The molecule has 0 radical (unpaired) electrons. The number of amides is 1. The summed E-state index contributed by atoms with van der Waals surface area (Å²) in [6.45, 7) is 1.92. The highest BCUT2D eigenvalue weighted by atomic mass is 16.8. The molecule has 0 fully saturated rings. The van der Waals surface area contributed by atoms with Gasteiger partial charge in [0.1, 0.15) is 0 Å². The van der Waals surface area contributed by atoms with Gasteiger partial charge >= 0.3 is 0 Å². The Bertz CT molecular complexity index is 338. The van der Waals surface area contributed by atoms with Crippen LogP contribution in [0.1, 0.15) is 19.8 Å². The van der Waals surface area contributed by atoms with Gasteiger partial charge in [0.15, 0.2) is 0 Å². The average Bonchev–Trinajstić information content (AvgIpc) is 2.27. The van der Waals surface area contributed by atoms with E-state index >= 15 is 0 Å². The second-order valence-corrected chi connectivity index (χ2v) is 3.24. The van der Waals surface area contributed by atoms with E-state index in [1.54, 1.807) is 12.1 Å². The first-order valence-electron chi connectivity index (χ1n) is 4.94. The van der Waals surface area contributed by atoms with Crippen LogP contribution < -0.4 is 16.1 Å². The Kier molecular flexibility index (Phi) is 4.56. The van der Waals surface area contributed by atoms with Crippen molar-refractivity contribution in [2.45, 2.75) is 19.8 Å². The maximum atomic E-state index is 11.1. The molecule has 0 aliphatic rings. The number of rotatable bonds is 5. The minimum Gasteiger partial charge on any atom is -0.733 e. The fourth-order valence-electron chi connectivity index (χ4n) is 1.10. The van der Waals surface area contributed by atoms with Gasteiger partial charge in [-0.25, -0.2) is 0 Å². The SMILES string of the molecule is CCCC(=O)NNc1ccc(N([O-])O)cc1. The number of nitrogens with zero attached hydrogens (tertiary/aromatic N) is 1. The lowest BCUT2D eigenvalue weighted by Gasteiger charge is -2.21. The molecule has 1 aromatic rings. The van der Waals surface area contributed by atoms with Gasteiger partial charge in [-0.1, -0.05) is 6.92 Å². The van der Waals surface area contributed by atoms with Gasteiger partial charge in [-0.2, -0.15) is 0 Å². The van der Waals surface area contributed by atoms with E-state index in [1.165, 1.54) is 12.1 Å². The lowest BCUT2D eigenvalue weighted by molar-refractivity contribution is -0.120. The molecule has 1 rings (SSSR count). The van der Waals surface area contributed by atoms with Crippen LogP contribution in [0.15, 0.2) is 24.3 Å². The molecule has 0 unspecified atom stereocenters. The summed E-state index contributed by atoms with van der Waals surface area (Å²) in [5.74, 6) is -0.0980. The van der Waals surface area contributed by atoms with Crippen molar-refractivity contribution < 1.29 is 10.0 Å². The van der Waals surface area contributed by atoms with E-state index < -0.39 is 0 Å². The lowest BCUT2D eigenvalue weighted by Crippen LogP contribution is -2.28. The van der Waals surface area contributed by atoms with Gasteiger partial charge < -0.3 is 10.4 Å². The molecule has 1 aromatic carbocycles. The molecule has 6 nitrogen and oxygen atoms in total. The molecule has 6 heteroatoms. The molecule has 88 valence electrons. The van der Waals surface area contributed by atoms with E-state index in [-0.39, 0.29) is 16.8 Å². The van der Waals surface area contributed by atoms with Crippen LogP contribution in [0.25, 0.3) is 0 Å². The second-order valence-electron chi connectivity index (χ2n) is 3.24. The molecule has 3 N–H and O–H groups in total. The van der Waals surface area contributed by atoms with Gasteiger partial charge in [0, 0.05) is 6.42 Å². The smallest absolute Gasteiger partial charge is 0.238 e. The van der Waals surface area contributed by atoms with Crippen molar-refractivity contribution in [1.82, 2.24) is 5.43 Å². The molecule has 0 saturated heterocycles. The van der Waals surface area contributed by atoms with Crippen molar-refractivity contribution in [2.24, 2.45) is 0 Å². The second kappa shape index (κ2) is 5.94. The summed E-state index contributed by atoms with van der Waals surface area (Å²) >= 11 is 0. The molecule has 0 bridgehead atoms. The van der Waals surface area contributed by atoms with Crippen LogP contribution in [0.2, 0.25) is 0 Å². The van der Waals surface area contributed by atoms with Crippen LogP contribution >= 0.6 is 0 Å². The number of hydrogen-bond acceptors (Lipinski definition) is 5. The van der Waals surface area contributed by atoms with Crippen LogP contribution in [0.5, 0.6) is 0 Å². The van der Waals surface area contributed by atoms with Gasteiger partial charge in [0.25, 0.3) is 0 Å². The summed E-state index contributed by atoms with van der Waals surface area (Å²) in [5.41, 5.74) is 5.96. The quantitative estimate of drug-likeness (QED) is 0.661. The van der Waals surface area contributed by atoms with Crippen LogP contribution in [0, 0.1) is 5.21 Å². The van der Waals surface area contributed by atoms with Gasteiger partial charge in [-0.3, -0.25) is 20.9 Å². The number of benzene rings is 1. The first-order valence-corrected chi connectivity index (χ1v) is 4.94. The van der Waals surface area contributed by atoms with Crippen LogP contribution in [-0.2, 0) is 4.79 Å². The Labute approximate surface area is 93.4 Å². The number of carbonyl (C=O) groups is 1. The molecule has 0 spiro atoms. The predicted octanol–water partition coefficient (Wildman–Crippen LogP) is 1.62. The third kappa shape index (κ3) is 3.76. The largest absolute Gasteiger partial charge is 0.733 e. The Balaban J connectivity index is 2.46. The number of carbonyl (C=O) groups excluding carboxylic acids is 1. The van der Waals surface area contributed by atoms with Gasteiger partial charge in [-0.05, 0) is 30.7 Å². The molecule has 0 aromatic heterocycles. The minimum atomic E-state index is -0.223. The van der Waals surface area contributed by atoms with Crippen molar-refractivity contribution in [2.75, 3.05) is 10.7 Å². The monoisotopic (exact) mass is 224 g/mol. The highest BCUT2D eigenvalue weighted by Gasteiger charge is 1.98. The molecule has 0 heterocycles. The Morgan fingerprint density at radius 3 is 2.56 bits per heavy atom. The third-order valence-corrected chi connectivity index (χ3v) is 1.91. The van der Waals surface area contributed by atoms with E-state index in [4.69, 9.17) is 5.21 Å². The van der Waals surface area contributed by atoms with Crippen molar-refractivity contribution in [1.29, 1.82) is 0 Å². The molecule has 1 amide bonds. The molecule has 0 saturated carbocycles. The van der Waals surface area contributed by atoms with E-state index in [9.17, 15) is 10.0 Å². The van der Waals surface area contributed by atoms with Crippen LogP contribution in [0.3, 0.4) is 0 Å². The van der Waals surface area contributed by atoms with Crippen molar-refractivity contribution >= 4 is 17.3 Å². The number of hydrazine groups is 1. The first-order chi connectivity index (χ1) is 7.63. The van der Waals surface area contributed by atoms with Gasteiger partial charge in [-0.15, -0.1) is 0 Å². The fourth-order valence-corrected chi connectivity index (χ4v) is 1.10. The van der Waals surface area contributed by atoms with E-state index in [0.717, 1.165) is 6.42 Å². The maximum Gasteiger partial charge on any atom is 0.238 e. The minimum absolute atomic E-state index is 0.0980. The number of anilines is 2. The Morgan fingerprint density at radius 2 is 2.06 bits per heavy atom. The fraction of sp³-hybridized carbons (Fsp3) is 0.300. The van der Waals surface area contributed by atoms with Crippen molar-refractivity contribution in [3.8, 4) is 0 Å². The summed E-state index contributed by atoms with van der Waals surface area (Å²) in [6.07, 6.45) is 1.23. The molecule has 16 heavy (non-hydrogen) atoms. The summed E-state index contributed by atoms with van der Waals surface area (Å²) in [7, 11) is 0. The van der Waals surface area contributed by atoms with Gasteiger partial charge in [0.2, 0.25) is 5.91 Å². The molecular weight excluding hydrogens is 210 g/mol. The molecule has 0 aliphatic carbocycles. The Hall–Kier alpha value is -1.79. The van der Waals surface area contributed by atoms with E-state index in [1.807, 2.05) is 6.92 Å². The average molecular weight is 224 g/mol. The zero-order valence-corrected chi connectivity index (χ0v) is 8.93. The summed E-state index contributed by atoms with van der Waals surface area (Å²) in [5, 5.41) is 18.9. The van der Waals surface area contributed by atoms with Crippen LogP contribution in [0.4, 0.5) is 11.4 Å². The highest BCUT2D eigenvalue weighted by molar-refractivity contribution is 5.77. The molecule has 0 atom stereocenters. The van der Waals surface area contributed by atoms with Crippen molar-refractivity contribution in [3.63, 3.8) is 0 Å². The topological polar surface area (TPSA) is 87.7 Å². The van der Waals surface area contributed by atoms with Crippen LogP contribution in [-0.4, -0.2) is 11.1 Å². The van der Waals surface area contributed by atoms with Gasteiger partial charge in [0.05, 0.1) is 11.4 Å². The number of nitrogens with one attached hydrogen (secondary N) is 2. The van der Waals surface area contributed by atoms with E-state index in [2.05, 4.69) is 10.9 Å². The number of hydrogen-bond donors (Lipinski definition) is 3. The van der Waals surface area contributed by atoms with E-state index in [0.29, 0.717) is 12.1 Å². The Morgan fingerprint density at radius 1 is 1.44 bits per heavy atom. The summed E-state index contributed by atoms with van der Waals surface area (Å²) in [4.78, 5) is 11.1.